The van der Waals surface area contributed by atoms with Crippen molar-refractivity contribution in [2.45, 2.75) is 219 Å². The van der Waals surface area contributed by atoms with E-state index in [-0.39, 0.29) is 44.0 Å². The fourth-order valence-corrected chi connectivity index (χ4v) is 6.73. The van der Waals surface area contributed by atoms with Gasteiger partial charge in [0.05, 0.1) is 0 Å². The van der Waals surface area contributed by atoms with Gasteiger partial charge >= 0.3 is 17.9 Å². The van der Waals surface area contributed by atoms with Crippen LogP contribution in [-0.4, -0.2) is 37.2 Å². The molecule has 0 spiro atoms. The largest absolute Gasteiger partial charge is 0.462 e. The zero-order chi connectivity index (χ0) is 48.6. The van der Waals surface area contributed by atoms with E-state index < -0.39 is 6.10 Å². The lowest BCUT2D eigenvalue weighted by atomic mass is 10.1. The van der Waals surface area contributed by atoms with Gasteiger partial charge in [0, 0.05) is 19.3 Å². The Hall–Kier alpha value is -4.45. The average molecular weight is 925 g/mol. The van der Waals surface area contributed by atoms with Crippen molar-refractivity contribution in [1.82, 2.24) is 0 Å². The lowest BCUT2D eigenvalue weighted by molar-refractivity contribution is -0.167. The Bertz CT molecular complexity index is 1480. The molecule has 0 aliphatic carbocycles. The van der Waals surface area contributed by atoms with Crippen LogP contribution < -0.4 is 0 Å². The van der Waals surface area contributed by atoms with E-state index in [2.05, 4.69) is 154 Å². The summed E-state index contributed by atoms with van der Waals surface area (Å²) in [6, 6.07) is 0. The maximum atomic E-state index is 12.8. The molecule has 1 unspecified atom stereocenters. The lowest BCUT2D eigenvalue weighted by Gasteiger charge is -2.18. The summed E-state index contributed by atoms with van der Waals surface area (Å²) in [7, 11) is 0. The number of ether oxygens (including phenoxy) is 3. The summed E-state index contributed by atoms with van der Waals surface area (Å²) in [5.41, 5.74) is 0. The van der Waals surface area contributed by atoms with Crippen LogP contribution in [0, 0.1) is 0 Å². The Labute approximate surface area is 411 Å². The molecule has 0 aromatic carbocycles. The third-order valence-electron chi connectivity index (χ3n) is 10.7. The van der Waals surface area contributed by atoms with Gasteiger partial charge in [-0.2, -0.15) is 0 Å². The van der Waals surface area contributed by atoms with Crippen molar-refractivity contribution in [2.24, 2.45) is 0 Å². The molecule has 6 heteroatoms. The van der Waals surface area contributed by atoms with Crippen molar-refractivity contribution < 1.29 is 28.6 Å². The van der Waals surface area contributed by atoms with Crippen LogP contribution in [0.5, 0.6) is 0 Å². The molecule has 376 valence electrons. The number of rotatable bonds is 46. The Morgan fingerprint density at radius 2 is 0.672 bits per heavy atom. The molecule has 0 saturated heterocycles. The zero-order valence-electron chi connectivity index (χ0n) is 42.9. The average Bonchev–Trinajstić information content (AvgIpc) is 3.33. The molecule has 6 nitrogen and oxygen atoms in total. The summed E-state index contributed by atoms with van der Waals surface area (Å²) in [4.78, 5) is 38.0. The second-order valence-corrected chi connectivity index (χ2v) is 17.1. The summed E-state index contributed by atoms with van der Waals surface area (Å²) in [6.07, 6.45) is 75.9. The number of carbonyl (C=O) groups excluding carboxylic acids is 3. The number of carbonyl (C=O) groups is 3. The molecule has 0 aromatic rings. The highest BCUT2D eigenvalue weighted by Crippen LogP contribution is 2.12. The van der Waals surface area contributed by atoms with Gasteiger partial charge in [-0.1, -0.05) is 219 Å². The van der Waals surface area contributed by atoms with Gasteiger partial charge in [0.2, 0.25) is 0 Å². The number of esters is 3. The Balaban J connectivity index is 4.60. The van der Waals surface area contributed by atoms with E-state index in [9.17, 15) is 14.4 Å². The quantitative estimate of drug-likeness (QED) is 0.0199. The molecule has 0 bridgehead atoms. The maximum Gasteiger partial charge on any atom is 0.306 e. The van der Waals surface area contributed by atoms with Gasteiger partial charge in [0.15, 0.2) is 6.10 Å². The molecule has 0 saturated carbocycles. The Kier molecular flexibility index (Phi) is 50.6. The van der Waals surface area contributed by atoms with E-state index in [1.54, 1.807) is 0 Å². The molecule has 0 amide bonds. The topological polar surface area (TPSA) is 78.9 Å². The van der Waals surface area contributed by atoms with Crippen LogP contribution in [0.4, 0.5) is 0 Å². The first-order chi connectivity index (χ1) is 33.0. The van der Waals surface area contributed by atoms with Gasteiger partial charge < -0.3 is 14.2 Å². The first-order valence-corrected chi connectivity index (χ1v) is 26.7. The highest BCUT2D eigenvalue weighted by atomic mass is 16.6. The normalized spacial score (nSPS) is 13.2. The molecule has 67 heavy (non-hydrogen) atoms. The minimum Gasteiger partial charge on any atom is -0.462 e. The monoisotopic (exact) mass is 925 g/mol. The second kappa shape index (κ2) is 54.2. The van der Waals surface area contributed by atoms with E-state index in [4.69, 9.17) is 14.2 Å². The SMILES string of the molecule is CC\C=C/C=C\C=C/CCCCCCCCCC(=O)OCC(COC(=O)CCC/C=C\C/C=C\C/C=C\C/C=C\C/C=C\CC)OC(=O)CCC/C=C\C/C=C\C/C=C\CCCCCCCC. The molecular weight excluding hydrogens is 829 g/mol. The van der Waals surface area contributed by atoms with Crippen molar-refractivity contribution in [3.63, 3.8) is 0 Å². The van der Waals surface area contributed by atoms with Gasteiger partial charge in [-0.05, 0) is 109 Å². The van der Waals surface area contributed by atoms with Crippen LogP contribution in [0.1, 0.15) is 213 Å². The van der Waals surface area contributed by atoms with E-state index in [1.165, 1.54) is 64.2 Å². The standard InChI is InChI=1S/C61H96O6/c1-4-7-10-13-16-19-22-25-28-30-33-36-39-42-45-48-51-54-60(63)66-57-58(56-65-59(62)53-50-47-44-41-38-35-32-27-24-21-18-15-12-9-6-3)67-61(64)55-52-49-46-43-40-37-34-31-29-26-23-20-17-14-11-8-5-2/h7,9-10,12,15-16,18-19,21,24-26,28-29,33-34,36-37,42-43,45-46,58H,4-6,8,11,13-14,17,20,22-23,27,30-32,35,38-41,44,47-57H2,1-3H3/b10-7-,12-9-,18-15-,19-16-,24-21-,28-25-,29-26-,36-33-,37-34-,45-42-,46-43-. The molecule has 0 aromatic heterocycles. The number of unbranched alkanes of at least 4 members (excludes halogenated alkanes) is 15. The van der Waals surface area contributed by atoms with Crippen LogP contribution in [0.15, 0.2) is 134 Å². The second-order valence-electron chi connectivity index (χ2n) is 17.1. The van der Waals surface area contributed by atoms with Crippen molar-refractivity contribution in [3.8, 4) is 0 Å². The molecule has 0 N–H and O–H groups in total. The van der Waals surface area contributed by atoms with E-state index >= 15 is 0 Å². The van der Waals surface area contributed by atoms with Crippen molar-refractivity contribution in [3.05, 3.63) is 134 Å². The molecule has 1 atom stereocenters. The predicted octanol–water partition coefficient (Wildman–Crippen LogP) is 17.9. The fraction of sp³-hybridized carbons (Fsp3) is 0.590. The van der Waals surface area contributed by atoms with Gasteiger partial charge in [0.1, 0.15) is 13.2 Å². The minimum absolute atomic E-state index is 0.127. The third kappa shape index (κ3) is 52.4. The van der Waals surface area contributed by atoms with Crippen LogP contribution in [0.25, 0.3) is 0 Å². The smallest absolute Gasteiger partial charge is 0.306 e. The molecule has 0 fully saturated rings. The first-order valence-electron chi connectivity index (χ1n) is 26.7. The summed E-state index contributed by atoms with van der Waals surface area (Å²) in [6.45, 7) is 6.27. The summed E-state index contributed by atoms with van der Waals surface area (Å²) >= 11 is 0. The lowest BCUT2D eigenvalue weighted by Crippen LogP contribution is -2.30. The summed E-state index contributed by atoms with van der Waals surface area (Å²) in [5.74, 6) is -1.06. The Morgan fingerprint density at radius 3 is 1.13 bits per heavy atom. The Morgan fingerprint density at radius 1 is 0.328 bits per heavy atom. The first kappa shape index (κ1) is 62.5. The van der Waals surface area contributed by atoms with Crippen LogP contribution in [0.2, 0.25) is 0 Å². The van der Waals surface area contributed by atoms with E-state index in [1.807, 2.05) is 0 Å². The van der Waals surface area contributed by atoms with Crippen LogP contribution in [0.3, 0.4) is 0 Å². The van der Waals surface area contributed by atoms with Crippen molar-refractivity contribution in [2.75, 3.05) is 13.2 Å². The number of hydrogen-bond acceptors (Lipinski definition) is 6. The molecule has 0 radical (unpaired) electrons. The van der Waals surface area contributed by atoms with Gasteiger partial charge in [-0.3, -0.25) is 14.4 Å². The van der Waals surface area contributed by atoms with E-state index in [0.29, 0.717) is 19.3 Å². The molecule has 0 aliphatic rings. The number of hydrogen-bond donors (Lipinski definition) is 0. The van der Waals surface area contributed by atoms with Gasteiger partial charge in [-0.25, -0.2) is 0 Å². The molecule has 0 aliphatic heterocycles. The molecular formula is C61H96O6. The van der Waals surface area contributed by atoms with Crippen molar-refractivity contribution >= 4 is 17.9 Å². The van der Waals surface area contributed by atoms with Gasteiger partial charge in [0.25, 0.3) is 0 Å². The highest BCUT2D eigenvalue weighted by Gasteiger charge is 2.19. The minimum atomic E-state index is -0.837. The fourth-order valence-electron chi connectivity index (χ4n) is 6.73. The summed E-state index contributed by atoms with van der Waals surface area (Å²) in [5, 5.41) is 0. The van der Waals surface area contributed by atoms with Crippen LogP contribution >= 0.6 is 0 Å². The summed E-state index contributed by atoms with van der Waals surface area (Å²) < 4.78 is 16.7. The molecule has 0 rings (SSSR count). The maximum absolute atomic E-state index is 12.8. The van der Waals surface area contributed by atoms with Crippen LogP contribution in [-0.2, 0) is 28.6 Å². The predicted molar refractivity (Wildman–Crippen MR) is 288 cm³/mol. The number of allylic oxidation sites excluding steroid dienone is 22. The van der Waals surface area contributed by atoms with Crippen molar-refractivity contribution in [1.29, 1.82) is 0 Å². The third-order valence-corrected chi connectivity index (χ3v) is 10.7. The van der Waals surface area contributed by atoms with E-state index in [0.717, 1.165) is 96.3 Å². The molecule has 0 heterocycles. The van der Waals surface area contributed by atoms with Gasteiger partial charge in [-0.15, -0.1) is 0 Å². The highest BCUT2D eigenvalue weighted by molar-refractivity contribution is 5.71. The zero-order valence-corrected chi connectivity index (χ0v) is 42.9.